The molecule has 2 saturated heterocycles. The summed E-state index contributed by atoms with van der Waals surface area (Å²) in [7, 11) is 0. The highest BCUT2D eigenvalue weighted by atomic mass is 16.8. The summed E-state index contributed by atoms with van der Waals surface area (Å²) < 4.78 is 21.9. The first-order valence-corrected chi connectivity index (χ1v) is 8.19. The van der Waals surface area contributed by atoms with Gasteiger partial charge in [-0.25, -0.2) is 0 Å². The minimum absolute atomic E-state index is 0.332. The van der Waals surface area contributed by atoms with Gasteiger partial charge in [0.25, 0.3) is 0 Å². The summed E-state index contributed by atoms with van der Waals surface area (Å²) in [4.78, 5) is 0. The van der Waals surface area contributed by atoms with Crippen LogP contribution in [0.2, 0.25) is 0 Å². The lowest BCUT2D eigenvalue weighted by atomic mass is 9.85. The third-order valence-corrected chi connectivity index (χ3v) is 5.62. The normalized spacial score (nSPS) is 56.9. The van der Waals surface area contributed by atoms with Crippen LogP contribution in [0, 0.1) is 11.8 Å². The SMILES string of the molecule is OC[C@H]1O[C@@H](O[C@@H]2OC=C[C@@H]3[C@H](O)[C@@H]4O[C@]4(CO)[C@@H]23)[C@H](O)[C@@H](O)[C@@H]1O. The highest BCUT2D eigenvalue weighted by Gasteiger charge is 2.75. The molecule has 142 valence electrons. The maximum absolute atomic E-state index is 10.3. The van der Waals surface area contributed by atoms with Gasteiger partial charge in [-0.1, -0.05) is 0 Å². The molecule has 11 atom stereocenters. The lowest BCUT2D eigenvalue weighted by Gasteiger charge is -2.43. The van der Waals surface area contributed by atoms with Gasteiger partial charge in [0.05, 0.1) is 31.5 Å². The molecule has 10 heteroatoms. The largest absolute Gasteiger partial charge is 0.472 e. The molecule has 1 aliphatic carbocycles. The molecule has 0 bridgehead atoms. The lowest BCUT2D eigenvalue weighted by molar-refractivity contribution is -0.344. The quantitative estimate of drug-likeness (QED) is 0.276. The standard InChI is InChI=1S/C15H22O10/c16-3-6-9(19)10(20)11(21)14(23-6)24-13-7-5(1-2-22-13)8(18)12-15(7,4-17)25-12/h1-2,5-14,16-21H,3-4H2/t5-,6+,7+,8-,9+,10-,11+,12-,13-,14-,15+/m0/s1. The summed E-state index contributed by atoms with van der Waals surface area (Å²) in [5.41, 5.74) is -0.992. The monoisotopic (exact) mass is 362 g/mol. The first-order valence-electron chi connectivity index (χ1n) is 8.19. The van der Waals surface area contributed by atoms with Gasteiger partial charge in [0.1, 0.15) is 36.1 Å². The van der Waals surface area contributed by atoms with Gasteiger partial charge < -0.3 is 49.6 Å². The average molecular weight is 362 g/mol. The Morgan fingerprint density at radius 1 is 0.960 bits per heavy atom. The highest BCUT2D eigenvalue weighted by Crippen LogP contribution is 2.59. The van der Waals surface area contributed by atoms with Gasteiger partial charge in [0.15, 0.2) is 6.29 Å². The van der Waals surface area contributed by atoms with Crippen molar-refractivity contribution in [2.75, 3.05) is 13.2 Å². The summed E-state index contributed by atoms with van der Waals surface area (Å²) in [5.74, 6) is -0.913. The van der Waals surface area contributed by atoms with E-state index in [0.717, 1.165) is 0 Å². The molecular weight excluding hydrogens is 340 g/mol. The number of fused-ring (bicyclic) bond motifs is 3. The van der Waals surface area contributed by atoms with Gasteiger partial charge >= 0.3 is 0 Å². The first kappa shape index (κ1) is 17.6. The second-order valence-corrected chi connectivity index (χ2v) is 6.91. The van der Waals surface area contributed by atoms with Gasteiger partial charge in [0, 0.05) is 5.92 Å². The molecule has 0 aromatic heterocycles. The third-order valence-electron chi connectivity index (χ3n) is 5.62. The number of rotatable bonds is 4. The lowest BCUT2D eigenvalue weighted by Crippen LogP contribution is -2.60. The van der Waals surface area contributed by atoms with Crippen molar-refractivity contribution in [1.82, 2.24) is 0 Å². The number of hydrogen-bond acceptors (Lipinski definition) is 10. The van der Waals surface area contributed by atoms with Crippen molar-refractivity contribution in [3.8, 4) is 0 Å². The van der Waals surface area contributed by atoms with Crippen LogP contribution in [-0.4, -0.2) is 98.7 Å². The minimum atomic E-state index is -1.57. The molecule has 6 N–H and O–H groups in total. The highest BCUT2D eigenvalue weighted by molar-refractivity contribution is 5.24. The van der Waals surface area contributed by atoms with Gasteiger partial charge in [-0.15, -0.1) is 0 Å². The average Bonchev–Trinajstić information content (AvgIpc) is 3.31. The fraction of sp³-hybridized carbons (Fsp3) is 0.867. The number of aliphatic hydroxyl groups excluding tert-OH is 6. The van der Waals surface area contributed by atoms with Crippen LogP contribution in [0.1, 0.15) is 0 Å². The van der Waals surface area contributed by atoms with Gasteiger partial charge in [-0.05, 0) is 6.08 Å². The van der Waals surface area contributed by atoms with Crippen LogP contribution in [0.3, 0.4) is 0 Å². The molecule has 0 aromatic rings. The summed E-state index contributed by atoms with van der Waals surface area (Å²) in [6, 6.07) is 0. The van der Waals surface area contributed by atoms with E-state index in [9.17, 15) is 30.6 Å². The van der Waals surface area contributed by atoms with E-state index in [-0.39, 0.29) is 12.5 Å². The molecule has 0 amide bonds. The number of ether oxygens (including phenoxy) is 4. The molecule has 25 heavy (non-hydrogen) atoms. The molecule has 3 fully saturated rings. The van der Waals surface area contributed by atoms with Crippen LogP contribution in [0.5, 0.6) is 0 Å². The van der Waals surface area contributed by atoms with Crippen LogP contribution >= 0.6 is 0 Å². The van der Waals surface area contributed by atoms with Crippen LogP contribution in [-0.2, 0) is 18.9 Å². The molecule has 4 rings (SSSR count). The minimum Gasteiger partial charge on any atom is -0.472 e. The maximum Gasteiger partial charge on any atom is 0.208 e. The zero-order valence-electron chi connectivity index (χ0n) is 13.2. The zero-order valence-corrected chi connectivity index (χ0v) is 13.2. The summed E-state index contributed by atoms with van der Waals surface area (Å²) in [6.07, 6.45) is -6.47. The van der Waals surface area contributed by atoms with Crippen molar-refractivity contribution in [3.63, 3.8) is 0 Å². The van der Waals surface area contributed by atoms with E-state index in [1.807, 2.05) is 0 Å². The predicted octanol–water partition coefficient (Wildman–Crippen LogP) is -3.59. The van der Waals surface area contributed by atoms with E-state index in [4.69, 9.17) is 18.9 Å². The van der Waals surface area contributed by atoms with E-state index in [1.54, 1.807) is 6.08 Å². The molecule has 0 aromatic carbocycles. The smallest absolute Gasteiger partial charge is 0.208 e. The molecule has 3 aliphatic heterocycles. The summed E-state index contributed by atoms with van der Waals surface area (Å²) >= 11 is 0. The fourth-order valence-corrected chi connectivity index (χ4v) is 4.17. The Balaban J connectivity index is 1.53. The Morgan fingerprint density at radius 3 is 2.40 bits per heavy atom. The molecule has 0 radical (unpaired) electrons. The van der Waals surface area contributed by atoms with E-state index in [0.29, 0.717) is 0 Å². The molecular formula is C15H22O10. The van der Waals surface area contributed by atoms with Gasteiger partial charge in [-0.3, -0.25) is 0 Å². The molecule has 0 unspecified atom stereocenters. The van der Waals surface area contributed by atoms with Crippen molar-refractivity contribution < 1.29 is 49.6 Å². The van der Waals surface area contributed by atoms with E-state index in [1.165, 1.54) is 6.26 Å². The topological polar surface area (TPSA) is 162 Å². The second-order valence-electron chi connectivity index (χ2n) is 6.91. The predicted molar refractivity (Wildman–Crippen MR) is 76.5 cm³/mol. The number of aliphatic hydroxyl groups is 6. The Labute approximate surface area is 142 Å². The van der Waals surface area contributed by atoms with Crippen LogP contribution in [0.15, 0.2) is 12.3 Å². The Morgan fingerprint density at radius 2 is 1.72 bits per heavy atom. The fourth-order valence-electron chi connectivity index (χ4n) is 4.17. The summed E-state index contributed by atoms with van der Waals surface area (Å²) in [6.45, 7) is -0.908. The molecule has 4 aliphatic rings. The molecule has 0 spiro atoms. The van der Waals surface area contributed by atoms with E-state index >= 15 is 0 Å². The molecule has 10 nitrogen and oxygen atoms in total. The third kappa shape index (κ3) is 2.45. The first-order chi connectivity index (χ1) is 11.9. The van der Waals surface area contributed by atoms with E-state index < -0.39 is 67.3 Å². The molecule has 1 saturated carbocycles. The van der Waals surface area contributed by atoms with Crippen molar-refractivity contribution in [3.05, 3.63) is 12.3 Å². The van der Waals surface area contributed by atoms with Crippen LogP contribution < -0.4 is 0 Å². The van der Waals surface area contributed by atoms with Gasteiger partial charge in [0.2, 0.25) is 6.29 Å². The number of hydrogen-bond donors (Lipinski definition) is 6. The molecule has 3 heterocycles. The Kier molecular flexibility index (Phi) is 4.30. The summed E-state index contributed by atoms with van der Waals surface area (Å²) in [5, 5.41) is 59.0. The van der Waals surface area contributed by atoms with Crippen molar-refractivity contribution in [1.29, 1.82) is 0 Å². The zero-order chi connectivity index (χ0) is 17.9. The van der Waals surface area contributed by atoms with Crippen LogP contribution in [0.25, 0.3) is 0 Å². The van der Waals surface area contributed by atoms with Crippen molar-refractivity contribution in [2.45, 2.75) is 54.8 Å². The van der Waals surface area contributed by atoms with E-state index in [2.05, 4.69) is 0 Å². The van der Waals surface area contributed by atoms with Gasteiger partial charge in [-0.2, -0.15) is 0 Å². The van der Waals surface area contributed by atoms with Crippen LogP contribution in [0.4, 0.5) is 0 Å². The number of epoxide rings is 1. The maximum atomic E-state index is 10.3. The Hall–Kier alpha value is -0.820. The second kappa shape index (κ2) is 6.12. The van der Waals surface area contributed by atoms with Crippen molar-refractivity contribution >= 4 is 0 Å². The Bertz CT molecular complexity index is 540. The van der Waals surface area contributed by atoms with Crippen molar-refractivity contribution in [2.24, 2.45) is 11.8 Å².